The molecule has 0 amide bonds. The predicted octanol–water partition coefficient (Wildman–Crippen LogP) is 4.92. The highest BCUT2D eigenvalue weighted by Gasteiger charge is 2.09. The first kappa shape index (κ1) is 13.2. The molecule has 2 aromatic carbocycles. The number of hydrogen-bond donors (Lipinski definition) is 0. The molecule has 0 saturated carbocycles. The zero-order valence-corrected chi connectivity index (χ0v) is 11.8. The van der Waals surface area contributed by atoms with Crippen molar-refractivity contribution >= 4 is 29.6 Å². The summed E-state index contributed by atoms with van der Waals surface area (Å²) in [7, 11) is 0. The highest BCUT2D eigenvalue weighted by Crippen LogP contribution is 2.34. The summed E-state index contributed by atoms with van der Waals surface area (Å²) in [5.74, 6) is 0. The van der Waals surface area contributed by atoms with E-state index in [1.54, 1.807) is 17.8 Å². The van der Waals surface area contributed by atoms with Gasteiger partial charge in [0.05, 0.1) is 5.02 Å². The fourth-order valence-electron chi connectivity index (χ4n) is 1.66. The third-order valence-electron chi connectivity index (χ3n) is 2.69. The summed E-state index contributed by atoms with van der Waals surface area (Å²) in [6, 6.07) is 11.8. The maximum Gasteiger partial charge on any atom is 0.152 e. The predicted molar refractivity (Wildman–Crippen MR) is 76.9 cm³/mol. The highest BCUT2D eigenvalue weighted by molar-refractivity contribution is 7.99. The van der Waals surface area contributed by atoms with E-state index >= 15 is 0 Å². The molecule has 0 radical (unpaired) electrons. The van der Waals surface area contributed by atoms with Crippen molar-refractivity contribution in [1.82, 2.24) is 0 Å². The standard InChI is InChI=1S/C15H13ClOS/c1-10-6-7-11(2)15(8-10)18-14-5-3-4-13(16)12(14)9-17/h3-9H,1-2H3. The van der Waals surface area contributed by atoms with Crippen molar-refractivity contribution in [2.24, 2.45) is 0 Å². The van der Waals surface area contributed by atoms with E-state index in [0.29, 0.717) is 10.6 Å². The average molecular weight is 277 g/mol. The minimum absolute atomic E-state index is 0.500. The van der Waals surface area contributed by atoms with Crippen LogP contribution in [0.3, 0.4) is 0 Å². The van der Waals surface area contributed by atoms with E-state index in [1.807, 2.05) is 12.1 Å². The molecule has 0 aromatic heterocycles. The summed E-state index contributed by atoms with van der Waals surface area (Å²) in [4.78, 5) is 13.1. The molecule has 0 aliphatic carbocycles. The molecule has 0 unspecified atom stereocenters. The van der Waals surface area contributed by atoms with E-state index in [0.717, 1.165) is 16.1 Å². The molecular weight excluding hydrogens is 264 g/mol. The lowest BCUT2D eigenvalue weighted by Crippen LogP contribution is -1.88. The second kappa shape index (κ2) is 5.59. The van der Waals surface area contributed by atoms with Crippen LogP contribution >= 0.6 is 23.4 Å². The maximum atomic E-state index is 11.1. The topological polar surface area (TPSA) is 17.1 Å². The van der Waals surface area contributed by atoms with E-state index in [1.165, 1.54) is 11.1 Å². The molecule has 1 nitrogen and oxygen atoms in total. The van der Waals surface area contributed by atoms with Crippen LogP contribution in [0.2, 0.25) is 5.02 Å². The minimum atomic E-state index is 0.500. The summed E-state index contributed by atoms with van der Waals surface area (Å²) in [5, 5.41) is 0.500. The Labute approximate surface area is 116 Å². The quantitative estimate of drug-likeness (QED) is 0.740. The summed E-state index contributed by atoms with van der Waals surface area (Å²) in [5.41, 5.74) is 2.96. The molecule has 0 heterocycles. The van der Waals surface area contributed by atoms with Crippen LogP contribution < -0.4 is 0 Å². The molecule has 2 rings (SSSR count). The number of rotatable bonds is 3. The Morgan fingerprint density at radius 1 is 1.11 bits per heavy atom. The van der Waals surface area contributed by atoms with Gasteiger partial charge in [0.1, 0.15) is 0 Å². The van der Waals surface area contributed by atoms with Gasteiger partial charge in [0.25, 0.3) is 0 Å². The summed E-state index contributed by atoms with van der Waals surface area (Å²) >= 11 is 7.60. The van der Waals surface area contributed by atoms with E-state index in [-0.39, 0.29) is 0 Å². The molecule has 0 bridgehead atoms. The number of halogens is 1. The van der Waals surface area contributed by atoms with E-state index in [2.05, 4.69) is 32.0 Å². The summed E-state index contributed by atoms with van der Waals surface area (Å²) in [6.07, 6.45) is 0.815. The Bertz CT molecular complexity index is 593. The smallest absolute Gasteiger partial charge is 0.152 e. The van der Waals surface area contributed by atoms with Gasteiger partial charge in [-0.15, -0.1) is 0 Å². The van der Waals surface area contributed by atoms with Crippen molar-refractivity contribution in [2.45, 2.75) is 23.6 Å². The van der Waals surface area contributed by atoms with Gasteiger partial charge in [-0.1, -0.05) is 41.6 Å². The summed E-state index contributed by atoms with van der Waals surface area (Å²) < 4.78 is 0. The molecule has 0 fully saturated rings. The van der Waals surface area contributed by atoms with Crippen molar-refractivity contribution in [2.75, 3.05) is 0 Å². The molecular formula is C15H13ClOS. The lowest BCUT2D eigenvalue weighted by molar-refractivity contribution is 0.112. The van der Waals surface area contributed by atoms with Crippen LogP contribution in [0.5, 0.6) is 0 Å². The fraction of sp³-hybridized carbons (Fsp3) is 0.133. The van der Waals surface area contributed by atoms with Gasteiger partial charge in [0, 0.05) is 15.4 Å². The number of hydrogen-bond acceptors (Lipinski definition) is 2. The van der Waals surface area contributed by atoms with Gasteiger partial charge >= 0.3 is 0 Å². The molecule has 0 aliphatic heterocycles. The first-order valence-corrected chi connectivity index (χ1v) is 6.80. The van der Waals surface area contributed by atoms with Gasteiger partial charge in [0.15, 0.2) is 6.29 Å². The van der Waals surface area contributed by atoms with Crippen LogP contribution in [-0.2, 0) is 0 Å². The Morgan fingerprint density at radius 3 is 2.61 bits per heavy atom. The number of carbonyl (C=O) groups excluding carboxylic acids is 1. The van der Waals surface area contributed by atoms with Crippen LogP contribution in [0.4, 0.5) is 0 Å². The molecule has 92 valence electrons. The van der Waals surface area contributed by atoms with E-state index in [4.69, 9.17) is 11.6 Å². The van der Waals surface area contributed by atoms with Crippen LogP contribution in [0, 0.1) is 13.8 Å². The molecule has 0 aliphatic rings. The Morgan fingerprint density at radius 2 is 1.89 bits per heavy atom. The minimum Gasteiger partial charge on any atom is -0.298 e. The first-order valence-electron chi connectivity index (χ1n) is 5.60. The largest absolute Gasteiger partial charge is 0.298 e. The van der Waals surface area contributed by atoms with Gasteiger partial charge in [-0.2, -0.15) is 0 Å². The number of aldehydes is 1. The molecule has 0 N–H and O–H groups in total. The van der Waals surface area contributed by atoms with Crippen molar-refractivity contribution in [1.29, 1.82) is 0 Å². The molecule has 0 spiro atoms. The number of benzene rings is 2. The van der Waals surface area contributed by atoms with Crippen LogP contribution in [0.1, 0.15) is 21.5 Å². The first-order chi connectivity index (χ1) is 8.61. The summed E-state index contributed by atoms with van der Waals surface area (Å²) in [6.45, 7) is 4.12. The maximum absolute atomic E-state index is 11.1. The van der Waals surface area contributed by atoms with Gasteiger partial charge < -0.3 is 0 Å². The molecule has 18 heavy (non-hydrogen) atoms. The Hall–Kier alpha value is -1.25. The average Bonchev–Trinajstić information content (AvgIpc) is 2.34. The lowest BCUT2D eigenvalue weighted by Gasteiger charge is -2.09. The molecule has 0 saturated heterocycles. The van der Waals surface area contributed by atoms with E-state index < -0.39 is 0 Å². The van der Waals surface area contributed by atoms with Crippen molar-refractivity contribution < 1.29 is 4.79 Å². The van der Waals surface area contributed by atoms with Gasteiger partial charge in [-0.3, -0.25) is 4.79 Å². The normalized spacial score (nSPS) is 10.4. The number of aryl methyl sites for hydroxylation is 2. The van der Waals surface area contributed by atoms with Crippen molar-refractivity contribution in [3.8, 4) is 0 Å². The highest BCUT2D eigenvalue weighted by atomic mass is 35.5. The SMILES string of the molecule is Cc1ccc(C)c(Sc2cccc(Cl)c2C=O)c1. The second-order valence-corrected chi connectivity index (χ2v) is 5.63. The third-order valence-corrected chi connectivity index (χ3v) is 4.26. The van der Waals surface area contributed by atoms with E-state index in [9.17, 15) is 4.79 Å². The van der Waals surface area contributed by atoms with Gasteiger partial charge in [0.2, 0.25) is 0 Å². The zero-order valence-electron chi connectivity index (χ0n) is 10.2. The van der Waals surface area contributed by atoms with Crippen molar-refractivity contribution in [3.63, 3.8) is 0 Å². The van der Waals surface area contributed by atoms with Crippen LogP contribution in [-0.4, -0.2) is 6.29 Å². The van der Waals surface area contributed by atoms with Crippen LogP contribution in [0.25, 0.3) is 0 Å². The molecule has 3 heteroatoms. The second-order valence-electron chi connectivity index (χ2n) is 4.14. The zero-order chi connectivity index (χ0) is 13.1. The van der Waals surface area contributed by atoms with Crippen LogP contribution in [0.15, 0.2) is 46.2 Å². The van der Waals surface area contributed by atoms with Crippen molar-refractivity contribution in [3.05, 3.63) is 58.1 Å². The van der Waals surface area contributed by atoms with Gasteiger partial charge in [-0.05, 0) is 43.2 Å². The fourth-order valence-corrected chi connectivity index (χ4v) is 3.06. The lowest BCUT2D eigenvalue weighted by atomic mass is 10.2. The Balaban J connectivity index is 2.43. The Kier molecular flexibility index (Phi) is 4.10. The third kappa shape index (κ3) is 2.77. The molecule has 2 aromatic rings. The molecule has 0 atom stereocenters. The monoisotopic (exact) mass is 276 g/mol. The number of carbonyl (C=O) groups is 1. The van der Waals surface area contributed by atoms with Gasteiger partial charge in [-0.25, -0.2) is 0 Å².